The van der Waals surface area contributed by atoms with Crippen LogP contribution in [0.15, 0.2) is 18.3 Å². The lowest BCUT2D eigenvalue weighted by atomic mass is 10.1. The summed E-state index contributed by atoms with van der Waals surface area (Å²) in [4.78, 5) is 6.87. The van der Waals surface area contributed by atoms with Gasteiger partial charge in [-0.15, -0.1) is 12.4 Å². The van der Waals surface area contributed by atoms with E-state index in [1.54, 1.807) is 0 Å². The molecule has 2 atom stereocenters. The van der Waals surface area contributed by atoms with Crippen LogP contribution >= 0.6 is 12.4 Å². The van der Waals surface area contributed by atoms with Gasteiger partial charge in [0.1, 0.15) is 0 Å². The zero-order valence-corrected chi connectivity index (χ0v) is 11.6. The highest BCUT2D eigenvalue weighted by atomic mass is 35.5. The van der Waals surface area contributed by atoms with Gasteiger partial charge in [-0.25, -0.2) is 0 Å². The molecule has 1 saturated heterocycles. The molecule has 1 fully saturated rings. The van der Waals surface area contributed by atoms with E-state index in [1.165, 1.54) is 5.56 Å². The Morgan fingerprint density at radius 2 is 2.18 bits per heavy atom. The summed E-state index contributed by atoms with van der Waals surface area (Å²) >= 11 is 0. The Hall–Kier alpha value is -0.640. The Bertz CT molecular complexity index is 339. The maximum atomic E-state index is 4.35. The van der Waals surface area contributed by atoms with Gasteiger partial charge in [0, 0.05) is 43.6 Å². The molecular weight excluding hydrogens is 234 g/mol. The Balaban J connectivity index is 0.00000144. The summed E-state index contributed by atoms with van der Waals surface area (Å²) in [5.74, 6) is 0. The highest BCUT2D eigenvalue weighted by molar-refractivity contribution is 5.85. The van der Waals surface area contributed by atoms with E-state index in [4.69, 9.17) is 0 Å². The van der Waals surface area contributed by atoms with Gasteiger partial charge >= 0.3 is 0 Å². The fourth-order valence-corrected chi connectivity index (χ4v) is 2.14. The number of hydrogen-bond acceptors (Lipinski definition) is 3. The number of aryl methyl sites for hydroxylation is 1. The second kappa shape index (κ2) is 6.34. The smallest absolute Gasteiger partial charge is 0.0372 e. The minimum atomic E-state index is 0. The first-order chi connectivity index (χ1) is 7.65. The lowest BCUT2D eigenvalue weighted by Gasteiger charge is -2.37. The quantitative estimate of drug-likeness (QED) is 0.876. The molecule has 0 bridgehead atoms. The van der Waals surface area contributed by atoms with Crippen LogP contribution in [-0.2, 0) is 6.54 Å². The second-order valence-corrected chi connectivity index (χ2v) is 4.90. The molecule has 1 N–H and O–H groups in total. The highest BCUT2D eigenvalue weighted by Gasteiger charge is 2.21. The molecule has 1 aromatic heterocycles. The van der Waals surface area contributed by atoms with Crippen molar-refractivity contribution in [1.82, 2.24) is 15.2 Å². The lowest BCUT2D eigenvalue weighted by molar-refractivity contribution is 0.138. The van der Waals surface area contributed by atoms with Crippen LogP contribution in [0.2, 0.25) is 0 Å². The summed E-state index contributed by atoms with van der Waals surface area (Å²) in [6, 6.07) is 5.47. The molecule has 2 heterocycles. The molecule has 1 aromatic rings. The van der Waals surface area contributed by atoms with Gasteiger partial charge in [-0.1, -0.05) is 6.07 Å². The van der Waals surface area contributed by atoms with E-state index in [-0.39, 0.29) is 12.4 Å². The van der Waals surface area contributed by atoms with Crippen molar-refractivity contribution in [3.63, 3.8) is 0 Å². The van der Waals surface area contributed by atoms with Crippen molar-refractivity contribution in [2.24, 2.45) is 0 Å². The molecule has 4 heteroatoms. The zero-order chi connectivity index (χ0) is 11.5. The number of piperazine rings is 1. The van der Waals surface area contributed by atoms with E-state index in [9.17, 15) is 0 Å². The van der Waals surface area contributed by atoms with Gasteiger partial charge in [0.2, 0.25) is 0 Å². The predicted octanol–water partition coefficient (Wildman–Crippen LogP) is 1.99. The molecule has 0 aliphatic carbocycles. The fraction of sp³-hybridized carbons (Fsp3) is 0.615. The number of rotatable bonds is 2. The van der Waals surface area contributed by atoms with Crippen molar-refractivity contribution in [1.29, 1.82) is 0 Å². The molecular formula is C13H22ClN3. The molecule has 2 rings (SSSR count). The minimum Gasteiger partial charge on any atom is -0.311 e. The Morgan fingerprint density at radius 3 is 2.82 bits per heavy atom. The van der Waals surface area contributed by atoms with Crippen LogP contribution in [0.25, 0.3) is 0 Å². The molecule has 2 unspecified atom stereocenters. The molecule has 3 nitrogen and oxygen atoms in total. The maximum Gasteiger partial charge on any atom is 0.0372 e. The third-order valence-corrected chi connectivity index (χ3v) is 3.25. The first-order valence-corrected chi connectivity index (χ1v) is 6.04. The molecule has 0 radical (unpaired) electrons. The average molecular weight is 256 g/mol. The van der Waals surface area contributed by atoms with Gasteiger partial charge in [0.15, 0.2) is 0 Å². The summed E-state index contributed by atoms with van der Waals surface area (Å²) in [5.41, 5.74) is 2.40. The maximum absolute atomic E-state index is 4.35. The van der Waals surface area contributed by atoms with Gasteiger partial charge in [-0.05, 0) is 32.4 Å². The average Bonchev–Trinajstić information content (AvgIpc) is 2.27. The molecule has 0 saturated carbocycles. The number of pyridine rings is 1. The summed E-state index contributed by atoms with van der Waals surface area (Å²) < 4.78 is 0. The van der Waals surface area contributed by atoms with Crippen molar-refractivity contribution >= 4 is 12.4 Å². The zero-order valence-electron chi connectivity index (χ0n) is 10.8. The Labute approximate surface area is 110 Å². The van der Waals surface area contributed by atoms with Crippen LogP contribution in [0.1, 0.15) is 25.1 Å². The summed E-state index contributed by atoms with van der Waals surface area (Å²) in [7, 11) is 0. The molecule has 0 aromatic carbocycles. The number of nitrogens with one attached hydrogen (secondary N) is 1. The molecule has 1 aliphatic rings. The van der Waals surface area contributed by atoms with E-state index >= 15 is 0 Å². The van der Waals surface area contributed by atoms with E-state index in [0.717, 1.165) is 25.3 Å². The molecule has 0 spiro atoms. The van der Waals surface area contributed by atoms with E-state index in [1.807, 2.05) is 13.1 Å². The summed E-state index contributed by atoms with van der Waals surface area (Å²) in [6.45, 7) is 9.77. The van der Waals surface area contributed by atoms with Crippen molar-refractivity contribution in [3.8, 4) is 0 Å². The topological polar surface area (TPSA) is 28.2 Å². The third kappa shape index (κ3) is 3.95. The molecule has 17 heavy (non-hydrogen) atoms. The Kier molecular flexibility index (Phi) is 5.37. The van der Waals surface area contributed by atoms with Gasteiger partial charge in [-0.3, -0.25) is 9.88 Å². The number of hydrogen-bond donors (Lipinski definition) is 1. The molecule has 0 amide bonds. The third-order valence-electron chi connectivity index (χ3n) is 3.25. The van der Waals surface area contributed by atoms with Gasteiger partial charge < -0.3 is 5.32 Å². The van der Waals surface area contributed by atoms with E-state index < -0.39 is 0 Å². The number of nitrogens with zero attached hydrogens (tertiary/aromatic N) is 2. The first-order valence-electron chi connectivity index (χ1n) is 6.04. The van der Waals surface area contributed by atoms with Crippen LogP contribution in [0, 0.1) is 6.92 Å². The largest absolute Gasteiger partial charge is 0.311 e. The molecule has 96 valence electrons. The van der Waals surface area contributed by atoms with Gasteiger partial charge in [-0.2, -0.15) is 0 Å². The highest BCUT2D eigenvalue weighted by Crippen LogP contribution is 2.11. The van der Waals surface area contributed by atoms with E-state index in [0.29, 0.717) is 12.1 Å². The van der Waals surface area contributed by atoms with Crippen molar-refractivity contribution in [2.75, 3.05) is 13.1 Å². The van der Waals surface area contributed by atoms with Gasteiger partial charge in [0.05, 0.1) is 0 Å². The SMILES string of the molecule is Cc1ccc(CN2CC(C)NCC2C)cn1.Cl. The van der Waals surface area contributed by atoms with Gasteiger partial charge in [0.25, 0.3) is 0 Å². The van der Waals surface area contributed by atoms with Crippen molar-refractivity contribution in [2.45, 2.75) is 39.4 Å². The summed E-state index contributed by atoms with van der Waals surface area (Å²) in [5, 5.41) is 3.50. The van der Waals surface area contributed by atoms with Crippen LogP contribution < -0.4 is 5.32 Å². The molecule has 1 aliphatic heterocycles. The normalized spacial score (nSPS) is 25.4. The Morgan fingerprint density at radius 1 is 1.41 bits per heavy atom. The fourth-order valence-electron chi connectivity index (χ4n) is 2.14. The monoisotopic (exact) mass is 255 g/mol. The van der Waals surface area contributed by atoms with Crippen LogP contribution in [0.4, 0.5) is 0 Å². The minimum absolute atomic E-state index is 0. The van der Waals surface area contributed by atoms with Crippen LogP contribution in [-0.4, -0.2) is 35.1 Å². The van der Waals surface area contributed by atoms with Crippen molar-refractivity contribution < 1.29 is 0 Å². The summed E-state index contributed by atoms with van der Waals surface area (Å²) in [6.07, 6.45) is 1.99. The number of aromatic nitrogens is 1. The standard InChI is InChI=1S/C13H21N3.ClH/c1-10-4-5-13(7-15-10)9-16-8-11(2)14-6-12(16)3;/h4-5,7,11-12,14H,6,8-9H2,1-3H3;1H. The van der Waals surface area contributed by atoms with Crippen LogP contribution in [0.3, 0.4) is 0 Å². The van der Waals surface area contributed by atoms with Crippen molar-refractivity contribution in [3.05, 3.63) is 29.6 Å². The first kappa shape index (κ1) is 14.4. The van der Waals surface area contributed by atoms with E-state index in [2.05, 4.69) is 41.2 Å². The second-order valence-electron chi connectivity index (χ2n) is 4.90. The lowest BCUT2D eigenvalue weighted by Crippen LogP contribution is -2.53. The predicted molar refractivity (Wildman–Crippen MR) is 73.6 cm³/mol. The van der Waals surface area contributed by atoms with Crippen LogP contribution in [0.5, 0.6) is 0 Å². The number of halogens is 1.